The van der Waals surface area contributed by atoms with E-state index < -0.39 is 0 Å². The summed E-state index contributed by atoms with van der Waals surface area (Å²) in [5.41, 5.74) is 1.86. The molecule has 0 aliphatic heterocycles. The number of fused-ring (bicyclic) bond motifs is 2. The average molecular weight is 359 g/mol. The van der Waals surface area contributed by atoms with Gasteiger partial charge in [0.25, 0.3) is 5.91 Å². The fourth-order valence-corrected chi connectivity index (χ4v) is 2.69. The fourth-order valence-electron chi connectivity index (χ4n) is 2.69. The first-order valence-corrected chi connectivity index (χ1v) is 8.32. The molecule has 0 spiro atoms. The maximum absolute atomic E-state index is 13.8. The van der Waals surface area contributed by atoms with Crippen molar-refractivity contribution in [2.24, 2.45) is 0 Å². The van der Waals surface area contributed by atoms with Crippen molar-refractivity contribution in [3.05, 3.63) is 66.1 Å². The van der Waals surface area contributed by atoms with Crippen LogP contribution in [0, 0.1) is 17.7 Å². The van der Waals surface area contributed by atoms with Crippen molar-refractivity contribution < 1.29 is 9.18 Å². The molecule has 0 aliphatic carbocycles. The first-order chi connectivity index (χ1) is 13.2. The number of aromatic amines is 1. The lowest BCUT2D eigenvalue weighted by molar-refractivity contribution is 0.0945. The van der Waals surface area contributed by atoms with Crippen molar-refractivity contribution in [2.45, 2.75) is 6.42 Å². The number of amides is 1. The molecular weight excluding hydrogens is 345 g/mol. The molecule has 0 aliphatic rings. The van der Waals surface area contributed by atoms with Gasteiger partial charge in [0.15, 0.2) is 11.5 Å². The van der Waals surface area contributed by atoms with E-state index in [0.29, 0.717) is 35.1 Å². The Morgan fingerprint density at radius 2 is 2.11 bits per heavy atom. The van der Waals surface area contributed by atoms with Crippen LogP contribution in [-0.4, -0.2) is 32.4 Å². The van der Waals surface area contributed by atoms with E-state index in [2.05, 4.69) is 37.1 Å². The summed E-state index contributed by atoms with van der Waals surface area (Å²) in [7, 11) is 0. The number of hydrogen-bond acceptors (Lipinski definition) is 4. The van der Waals surface area contributed by atoms with Crippen LogP contribution in [0.3, 0.4) is 0 Å². The molecule has 1 amide bonds. The van der Waals surface area contributed by atoms with E-state index >= 15 is 0 Å². The van der Waals surface area contributed by atoms with Crippen LogP contribution >= 0.6 is 0 Å². The van der Waals surface area contributed by atoms with Gasteiger partial charge in [-0.3, -0.25) is 9.78 Å². The molecule has 3 heterocycles. The number of benzene rings is 1. The van der Waals surface area contributed by atoms with Crippen molar-refractivity contribution in [1.29, 1.82) is 0 Å². The zero-order valence-electron chi connectivity index (χ0n) is 14.2. The molecule has 132 valence electrons. The van der Waals surface area contributed by atoms with Gasteiger partial charge in [-0.25, -0.2) is 14.4 Å². The summed E-state index contributed by atoms with van der Waals surface area (Å²) in [5.74, 6) is 5.54. The predicted molar refractivity (Wildman–Crippen MR) is 99.4 cm³/mol. The molecule has 0 radical (unpaired) electrons. The summed E-state index contributed by atoms with van der Waals surface area (Å²) in [4.78, 5) is 27.3. The summed E-state index contributed by atoms with van der Waals surface area (Å²) in [6, 6.07) is 8.42. The topological polar surface area (TPSA) is 83.6 Å². The number of rotatable bonds is 3. The zero-order valence-corrected chi connectivity index (χ0v) is 14.2. The van der Waals surface area contributed by atoms with Crippen molar-refractivity contribution >= 4 is 27.8 Å². The second-order valence-electron chi connectivity index (χ2n) is 5.79. The maximum atomic E-state index is 13.8. The van der Waals surface area contributed by atoms with E-state index in [4.69, 9.17) is 0 Å². The molecular formula is C20H14FN5O. The normalized spacial score (nSPS) is 10.6. The van der Waals surface area contributed by atoms with Crippen LogP contribution in [0.5, 0.6) is 0 Å². The molecule has 0 fully saturated rings. The molecule has 2 N–H and O–H groups in total. The SMILES string of the molecule is O=C(NCCC#Cc1cncc2c(F)cccc12)c1nc2ncccc2[nH]1. The minimum Gasteiger partial charge on any atom is -0.348 e. The van der Waals surface area contributed by atoms with Gasteiger partial charge in [-0.05, 0) is 18.2 Å². The number of nitrogens with one attached hydrogen (secondary N) is 2. The lowest BCUT2D eigenvalue weighted by Crippen LogP contribution is -2.25. The quantitative estimate of drug-likeness (QED) is 0.435. The molecule has 0 atom stereocenters. The third kappa shape index (κ3) is 3.46. The summed E-state index contributed by atoms with van der Waals surface area (Å²) in [6.07, 6.45) is 5.15. The van der Waals surface area contributed by atoms with Crippen LogP contribution in [0.1, 0.15) is 22.6 Å². The number of H-pyrrole nitrogens is 1. The van der Waals surface area contributed by atoms with Gasteiger partial charge in [-0.2, -0.15) is 0 Å². The molecule has 4 aromatic rings. The van der Waals surface area contributed by atoms with Crippen molar-refractivity contribution in [2.75, 3.05) is 6.54 Å². The van der Waals surface area contributed by atoms with Crippen LogP contribution < -0.4 is 5.32 Å². The van der Waals surface area contributed by atoms with Crippen molar-refractivity contribution in [3.63, 3.8) is 0 Å². The number of nitrogens with zero attached hydrogens (tertiary/aromatic N) is 3. The molecule has 0 unspecified atom stereocenters. The predicted octanol–water partition coefficient (Wildman–Crippen LogP) is 2.82. The van der Waals surface area contributed by atoms with E-state index in [-0.39, 0.29) is 17.5 Å². The Balaban J connectivity index is 1.40. The Kier molecular flexibility index (Phi) is 4.45. The molecule has 6 nitrogen and oxygen atoms in total. The number of pyridine rings is 2. The van der Waals surface area contributed by atoms with E-state index in [1.807, 2.05) is 6.07 Å². The largest absolute Gasteiger partial charge is 0.348 e. The molecule has 27 heavy (non-hydrogen) atoms. The van der Waals surface area contributed by atoms with E-state index in [1.165, 1.54) is 12.3 Å². The fraction of sp³-hybridized carbons (Fsp3) is 0.100. The smallest absolute Gasteiger partial charge is 0.287 e. The maximum Gasteiger partial charge on any atom is 0.287 e. The highest BCUT2D eigenvalue weighted by Gasteiger charge is 2.10. The van der Waals surface area contributed by atoms with Crippen LogP contribution in [0.2, 0.25) is 0 Å². The summed E-state index contributed by atoms with van der Waals surface area (Å²) in [5, 5.41) is 3.91. The minimum atomic E-state index is -0.323. The standard InChI is InChI=1S/C20H14FN5O/c21-16-7-3-6-14-13(11-22-12-15(14)16)5-1-2-9-24-20(27)19-25-17-8-4-10-23-18(17)26-19/h3-4,6-8,10-12H,2,9H2,(H,24,27)(H,23,25,26). The Morgan fingerprint density at radius 1 is 1.19 bits per heavy atom. The summed E-state index contributed by atoms with van der Waals surface area (Å²) >= 11 is 0. The van der Waals surface area contributed by atoms with E-state index in [0.717, 1.165) is 5.39 Å². The number of carbonyl (C=O) groups is 1. The minimum absolute atomic E-state index is 0.213. The molecule has 3 aromatic heterocycles. The van der Waals surface area contributed by atoms with Crippen LogP contribution in [0.15, 0.2) is 48.9 Å². The number of imidazole rings is 1. The highest BCUT2D eigenvalue weighted by molar-refractivity contribution is 5.93. The molecule has 0 saturated heterocycles. The van der Waals surface area contributed by atoms with Gasteiger partial charge in [0.2, 0.25) is 0 Å². The summed E-state index contributed by atoms with van der Waals surface area (Å²) in [6.45, 7) is 0.364. The van der Waals surface area contributed by atoms with Gasteiger partial charge in [0, 0.05) is 42.3 Å². The number of hydrogen-bond donors (Lipinski definition) is 2. The molecule has 0 saturated carbocycles. The molecule has 4 rings (SSSR count). The lowest BCUT2D eigenvalue weighted by Gasteiger charge is -2.01. The van der Waals surface area contributed by atoms with Gasteiger partial charge in [0.1, 0.15) is 5.82 Å². The number of halogens is 1. The van der Waals surface area contributed by atoms with Gasteiger partial charge in [-0.1, -0.05) is 24.0 Å². The van der Waals surface area contributed by atoms with E-state index in [1.54, 1.807) is 30.6 Å². The highest BCUT2D eigenvalue weighted by Crippen LogP contribution is 2.19. The highest BCUT2D eigenvalue weighted by atomic mass is 19.1. The zero-order chi connectivity index (χ0) is 18.6. The van der Waals surface area contributed by atoms with Crippen molar-refractivity contribution in [1.82, 2.24) is 25.3 Å². The monoisotopic (exact) mass is 359 g/mol. The van der Waals surface area contributed by atoms with Gasteiger partial charge in [0.05, 0.1) is 11.1 Å². The van der Waals surface area contributed by atoms with Crippen LogP contribution in [-0.2, 0) is 0 Å². The number of aromatic nitrogens is 4. The van der Waals surface area contributed by atoms with E-state index in [9.17, 15) is 9.18 Å². The Morgan fingerprint density at radius 3 is 3.00 bits per heavy atom. The van der Waals surface area contributed by atoms with Gasteiger partial charge in [-0.15, -0.1) is 0 Å². The molecule has 7 heteroatoms. The third-order valence-electron chi connectivity index (χ3n) is 3.98. The van der Waals surface area contributed by atoms with Crippen molar-refractivity contribution in [3.8, 4) is 11.8 Å². The van der Waals surface area contributed by atoms with Crippen LogP contribution in [0.4, 0.5) is 4.39 Å². The Labute approximate surface area is 153 Å². The molecule has 1 aromatic carbocycles. The second kappa shape index (κ2) is 7.22. The van der Waals surface area contributed by atoms with Gasteiger partial charge >= 0.3 is 0 Å². The second-order valence-corrected chi connectivity index (χ2v) is 5.79. The first kappa shape index (κ1) is 16.7. The Bertz CT molecular complexity index is 1170. The lowest BCUT2D eigenvalue weighted by atomic mass is 10.1. The van der Waals surface area contributed by atoms with Gasteiger partial charge < -0.3 is 10.3 Å². The number of carbonyl (C=O) groups excluding carboxylic acids is 1. The average Bonchev–Trinajstić information content (AvgIpc) is 3.12. The first-order valence-electron chi connectivity index (χ1n) is 8.32. The van der Waals surface area contributed by atoms with Crippen LogP contribution in [0.25, 0.3) is 21.9 Å². The summed E-state index contributed by atoms with van der Waals surface area (Å²) < 4.78 is 13.8. The third-order valence-corrected chi connectivity index (χ3v) is 3.98. The molecule has 0 bridgehead atoms. The Hall–Kier alpha value is -3.79.